The van der Waals surface area contributed by atoms with Gasteiger partial charge < -0.3 is 10.8 Å². The molecule has 2 nitrogen and oxygen atoms in total. The summed E-state index contributed by atoms with van der Waals surface area (Å²) >= 11 is 0. The van der Waals surface area contributed by atoms with Crippen LogP contribution in [0, 0.1) is 0 Å². The van der Waals surface area contributed by atoms with Gasteiger partial charge in [-0.05, 0) is 24.0 Å². The van der Waals surface area contributed by atoms with E-state index in [-0.39, 0.29) is 18.4 Å². The van der Waals surface area contributed by atoms with E-state index in [1.165, 1.54) is 5.56 Å². The molecule has 0 aromatic heterocycles. The van der Waals surface area contributed by atoms with Crippen molar-refractivity contribution < 1.29 is 5.11 Å². The molecule has 0 bridgehead atoms. The number of benzene rings is 1. The van der Waals surface area contributed by atoms with Gasteiger partial charge in [0.25, 0.3) is 0 Å². The quantitative estimate of drug-likeness (QED) is 0.664. The second-order valence-electron chi connectivity index (χ2n) is 3.35. The number of fused-ring (bicyclic) bond motifs is 1. The Bertz CT molecular complexity index is 290. The lowest BCUT2D eigenvalue weighted by Gasteiger charge is -2.26. The number of hydrogen-bond acceptors (Lipinski definition) is 2. The molecule has 0 saturated carbocycles. The van der Waals surface area contributed by atoms with Crippen molar-refractivity contribution >= 4 is 12.4 Å². The molecule has 0 unspecified atom stereocenters. The van der Waals surface area contributed by atoms with E-state index in [0.29, 0.717) is 0 Å². The minimum Gasteiger partial charge on any atom is -0.387 e. The minimum atomic E-state index is -0.463. The van der Waals surface area contributed by atoms with E-state index in [4.69, 9.17) is 5.73 Å². The lowest BCUT2D eigenvalue weighted by Crippen LogP contribution is -2.32. The van der Waals surface area contributed by atoms with Gasteiger partial charge >= 0.3 is 0 Å². The molecule has 0 saturated heterocycles. The maximum absolute atomic E-state index is 9.70. The summed E-state index contributed by atoms with van der Waals surface area (Å²) < 4.78 is 0. The zero-order valence-electron chi connectivity index (χ0n) is 7.31. The summed E-state index contributed by atoms with van der Waals surface area (Å²) in [6.45, 7) is 0. The molecule has 0 heterocycles. The molecule has 1 aliphatic rings. The average Bonchev–Trinajstić information content (AvgIpc) is 2.12. The maximum atomic E-state index is 9.70. The second kappa shape index (κ2) is 4.09. The lowest BCUT2D eigenvalue weighted by atomic mass is 9.86. The van der Waals surface area contributed by atoms with Crippen LogP contribution in [-0.2, 0) is 6.42 Å². The van der Waals surface area contributed by atoms with E-state index in [1.807, 2.05) is 18.2 Å². The van der Waals surface area contributed by atoms with Crippen LogP contribution in [0.1, 0.15) is 23.7 Å². The standard InChI is InChI=1S/C10H13NO.ClH/c11-9-6-5-7-3-1-2-4-8(7)10(9)12;/h1-4,9-10,12H,5-6,11H2;1H/t9-,10-;/m0./s1. The van der Waals surface area contributed by atoms with E-state index in [2.05, 4.69) is 6.07 Å². The van der Waals surface area contributed by atoms with E-state index >= 15 is 0 Å². The normalized spacial score (nSPS) is 26.0. The van der Waals surface area contributed by atoms with Crippen LogP contribution in [0.5, 0.6) is 0 Å². The molecule has 72 valence electrons. The van der Waals surface area contributed by atoms with Gasteiger partial charge in [0, 0.05) is 6.04 Å². The van der Waals surface area contributed by atoms with Gasteiger partial charge in [0.1, 0.15) is 0 Å². The van der Waals surface area contributed by atoms with E-state index < -0.39 is 6.10 Å². The van der Waals surface area contributed by atoms with Crippen molar-refractivity contribution in [2.75, 3.05) is 0 Å². The third kappa shape index (κ3) is 1.85. The predicted octanol–water partition coefficient (Wildman–Crippen LogP) is 1.42. The van der Waals surface area contributed by atoms with Crippen molar-refractivity contribution in [3.63, 3.8) is 0 Å². The third-order valence-corrected chi connectivity index (χ3v) is 2.53. The van der Waals surface area contributed by atoms with Gasteiger partial charge in [-0.15, -0.1) is 12.4 Å². The summed E-state index contributed by atoms with van der Waals surface area (Å²) in [5.41, 5.74) is 8.00. The molecule has 3 heteroatoms. The molecule has 3 N–H and O–H groups in total. The Morgan fingerprint density at radius 3 is 2.77 bits per heavy atom. The summed E-state index contributed by atoms with van der Waals surface area (Å²) in [5, 5.41) is 9.70. The Morgan fingerprint density at radius 1 is 1.31 bits per heavy atom. The number of hydrogen-bond donors (Lipinski definition) is 2. The number of rotatable bonds is 0. The van der Waals surface area contributed by atoms with Gasteiger partial charge in [0.15, 0.2) is 0 Å². The Kier molecular flexibility index (Phi) is 3.31. The average molecular weight is 200 g/mol. The number of aliphatic hydroxyl groups excluding tert-OH is 1. The SMILES string of the molecule is Cl.N[C@H]1CCc2ccccc2[C@@H]1O. The molecule has 2 rings (SSSR count). The number of aliphatic hydroxyl groups is 1. The molecular formula is C10H14ClNO. The minimum absolute atomic E-state index is 0. The molecule has 0 aliphatic heterocycles. The van der Waals surface area contributed by atoms with Gasteiger partial charge in [0.05, 0.1) is 6.10 Å². The molecule has 0 amide bonds. The Labute approximate surface area is 84.2 Å². The molecule has 0 radical (unpaired) electrons. The van der Waals surface area contributed by atoms with Crippen LogP contribution in [0.15, 0.2) is 24.3 Å². The summed E-state index contributed by atoms with van der Waals surface area (Å²) in [7, 11) is 0. The van der Waals surface area contributed by atoms with Gasteiger partial charge in [0.2, 0.25) is 0 Å². The highest BCUT2D eigenvalue weighted by Gasteiger charge is 2.23. The molecule has 1 aliphatic carbocycles. The lowest BCUT2D eigenvalue weighted by molar-refractivity contribution is 0.134. The molecule has 0 fully saturated rings. The maximum Gasteiger partial charge on any atom is 0.0943 e. The first-order chi connectivity index (χ1) is 5.79. The van der Waals surface area contributed by atoms with Crippen LogP contribution in [0.3, 0.4) is 0 Å². The first kappa shape index (κ1) is 10.5. The fourth-order valence-corrected chi connectivity index (χ4v) is 1.76. The van der Waals surface area contributed by atoms with Gasteiger partial charge in [-0.1, -0.05) is 24.3 Å². The number of halogens is 1. The highest BCUT2D eigenvalue weighted by atomic mass is 35.5. The van der Waals surface area contributed by atoms with Gasteiger partial charge in [-0.25, -0.2) is 0 Å². The van der Waals surface area contributed by atoms with Crippen molar-refractivity contribution in [3.8, 4) is 0 Å². The van der Waals surface area contributed by atoms with Gasteiger partial charge in [-0.2, -0.15) is 0 Å². The summed E-state index contributed by atoms with van der Waals surface area (Å²) in [6, 6.07) is 7.88. The Hall–Kier alpha value is -0.570. The topological polar surface area (TPSA) is 46.2 Å². The molecule has 13 heavy (non-hydrogen) atoms. The highest BCUT2D eigenvalue weighted by molar-refractivity contribution is 5.85. The second-order valence-corrected chi connectivity index (χ2v) is 3.35. The van der Waals surface area contributed by atoms with Crippen molar-refractivity contribution in [1.82, 2.24) is 0 Å². The fourth-order valence-electron chi connectivity index (χ4n) is 1.76. The Morgan fingerprint density at radius 2 is 2.00 bits per heavy atom. The van der Waals surface area contributed by atoms with Crippen LogP contribution < -0.4 is 5.73 Å². The van der Waals surface area contributed by atoms with Crippen LogP contribution in [-0.4, -0.2) is 11.1 Å². The van der Waals surface area contributed by atoms with E-state index in [9.17, 15) is 5.11 Å². The molecule has 1 aromatic rings. The van der Waals surface area contributed by atoms with Gasteiger partial charge in [-0.3, -0.25) is 0 Å². The van der Waals surface area contributed by atoms with E-state index in [0.717, 1.165) is 18.4 Å². The summed E-state index contributed by atoms with van der Waals surface area (Å²) in [5.74, 6) is 0. The first-order valence-corrected chi connectivity index (χ1v) is 4.30. The first-order valence-electron chi connectivity index (χ1n) is 4.30. The molecular weight excluding hydrogens is 186 g/mol. The Balaban J connectivity index is 0.000000845. The largest absolute Gasteiger partial charge is 0.387 e. The van der Waals surface area contributed by atoms with Crippen molar-refractivity contribution in [2.24, 2.45) is 5.73 Å². The zero-order chi connectivity index (χ0) is 8.55. The molecule has 0 spiro atoms. The third-order valence-electron chi connectivity index (χ3n) is 2.53. The van der Waals surface area contributed by atoms with Crippen LogP contribution in [0.4, 0.5) is 0 Å². The summed E-state index contributed by atoms with van der Waals surface area (Å²) in [4.78, 5) is 0. The zero-order valence-corrected chi connectivity index (χ0v) is 8.13. The number of aryl methyl sites for hydroxylation is 1. The summed E-state index contributed by atoms with van der Waals surface area (Å²) in [6.07, 6.45) is 1.42. The molecule has 2 atom stereocenters. The van der Waals surface area contributed by atoms with Crippen LogP contribution >= 0.6 is 12.4 Å². The fraction of sp³-hybridized carbons (Fsp3) is 0.400. The van der Waals surface area contributed by atoms with E-state index in [1.54, 1.807) is 0 Å². The van der Waals surface area contributed by atoms with Crippen molar-refractivity contribution in [1.29, 1.82) is 0 Å². The van der Waals surface area contributed by atoms with Crippen molar-refractivity contribution in [3.05, 3.63) is 35.4 Å². The van der Waals surface area contributed by atoms with Crippen LogP contribution in [0.2, 0.25) is 0 Å². The smallest absolute Gasteiger partial charge is 0.0943 e. The number of nitrogens with two attached hydrogens (primary N) is 1. The molecule has 1 aromatic carbocycles. The van der Waals surface area contributed by atoms with Crippen LogP contribution in [0.25, 0.3) is 0 Å². The van der Waals surface area contributed by atoms with Crippen molar-refractivity contribution in [2.45, 2.75) is 25.0 Å². The highest BCUT2D eigenvalue weighted by Crippen LogP contribution is 2.28. The monoisotopic (exact) mass is 199 g/mol. The predicted molar refractivity (Wildman–Crippen MR) is 54.9 cm³/mol.